The van der Waals surface area contributed by atoms with Crippen LogP contribution in [0.25, 0.3) is 0 Å². The van der Waals surface area contributed by atoms with Crippen molar-refractivity contribution in [2.24, 2.45) is 4.99 Å². The van der Waals surface area contributed by atoms with E-state index in [1.807, 2.05) is 7.05 Å². The highest BCUT2D eigenvalue weighted by atomic mass is 16.5. The van der Waals surface area contributed by atoms with Crippen LogP contribution in [0.3, 0.4) is 0 Å². The Hall–Kier alpha value is -1.63. The van der Waals surface area contributed by atoms with Crippen LogP contribution in [0, 0.1) is 0 Å². The van der Waals surface area contributed by atoms with Crippen molar-refractivity contribution in [1.82, 2.24) is 20.0 Å². The molecule has 1 N–H and O–H groups in total. The highest BCUT2D eigenvalue weighted by Gasteiger charge is 2.30. The number of aliphatic imine (C=N–C) groups is 1. The topological polar surface area (TPSA) is 43.3 Å². The number of benzene rings is 1. The summed E-state index contributed by atoms with van der Waals surface area (Å²) in [5.41, 5.74) is 2.74. The highest BCUT2D eigenvalue weighted by molar-refractivity contribution is 5.80. The first-order chi connectivity index (χ1) is 14.3. The van der Waals surface area contributed by atoms with Gasteiger partial charge in [0.2, 0.25) is 0 Å². The molecule has 0 amide bonds. The van der Waals surface area contributed by atoms with Crippen molar-refractivity contribution >= 4 is 5.96 Å². The van der Waals surface area contributed by atoms with Gasteiger partial charge in [-0.1, -0.05) is 30.7 Å². The molecule has 1 aromatic rings. The number of rotatable bonds is 5. The van der Waals surface area contributed by atoms with Crippen molar-refractivity contribution in [3.05, 3.63) is 35.4 Å². The standard InChI is InChI=1S/C23H37N5O/c1-24-23(28-12-9-22(19-28)27-13-15-29-16-14-27)25-17-20-5-7-21(8-6-20)18-26-10-3-2-4-11-26/h5-8,22H,2-4,9-19H2,1H3,(H,24,25). The van der Waals surface area contributed by atoms with Gasteiger partial charge >= 0.3 is 0 Å². The van der Waals surface area contributed by atoms with E-state index in [2.05, 4.69) is 49.3 Å². The second kappa shape index (κ2) is 10.4. The Kier molecular flexibility index (Phi) is 7.41. The molecular formula is C23H37N5O. The van der Waals surface area contributed by atoms with Crippen LogP contribution in [0.5, 0.6) is 0 Å². The summed E-state index contributed by atoms with van der Waals surface area (Å²) < 4.78 is 5.50. The van der Waals surface area contributed by atoms with Gasteiger partial charge in [-0.3, -0.25) is 14.8 Å². The predicted octanol–water partition coefficient (Wildman–Crippen LogP) is 2.15. The molecule has 1 aromatic carbocycles. The first-order valence-corrected chi connectivity index (χ1v) is 11.4. The lowest BCUT2D eigenvalue weighted by Gasteiger charge is -2.32. The third-order valence-corrected chi connectivity index (χ3v) is 6.57. The van der Waals surface area contributed by atoms with Crippen molar-refractivity contribution in [1.29, 1.82) is 0 Å². The Morgan fingerprint density at radius 3 is 2.45 bits per heavy atom. The van der Waals surface area contributed by atoms with Crippen molar-refractivity contribution < 1.29 is 4.74 Å². The van der Waals surface area contributed by atoms with Gasteiger partial charge in [0, 0.05) is 52.4 Å². The molecule has 0 spiro atoms. The minimum absolute atomic E-state index is 0.631. The van der Waals surface area contributed by atoms with Gasteiger partial charge in [0.25, 0.3) is 0 Å². The van der Waals surface area contributed by atoms with E-state index < -0.39 is 0 Å². The summed E-state index contributed by atoms with van der Waals surface area (Å²) in [6.45, 7) is 10.4. The van der Waals surface area contributed by atoms with Crippen LogP contribution in [0.2, 0.25) is 0 Å². The van der Waals surface area contributed by atoms with E-state index in [9.17, 15) is 0 Å². The maximum Gasteiger partial charge on any atom is 0.193 e. The summed E-state index contributed by atoms with van der Waals surface area (Å²) in [5, 5.41) is 3.57. The summed E-state index contributed by atoms with van der Waals surface area (Å²) in [6, 6.07) is 9.74. The normalized spacial score (nSPS) is 24.8. The molecule has 0 aromatic heterocycles. The van der Waals surface area contributed by atoms with E-state index in [1.165, 1.54) is 49.9 Å². The van der Waals surface area contributed by atoms with E-state index in [1.54, 1.807) is 0 Å². The first kappa shape index (κ1) is 20.6. The number of guanidine groups is 1. The van der Waals surface area contributed by atoms with E-state index in [0.717, 1.165) is 58.4 Å². The molecule has 3 saturated heterocycles. The molecule has 1 unspecified atom stereocenters. The second-order valence-corrected chi connectivity index (χ2v) is 8.59. The summed E-state index contributed by atoms with van der Waals surface area (Å²) in [7, 11) is 1.89. The molecule has 3 aliphatic rings. The molecule has 0 aliphatic carbocycles. The fraction of sp³-hybridized carbons (Fsp3) is 0.696. The largest absolute Gasteiger partial charge is 0.379 e. The lowest BCUT2D eigenvalue weighted by molar-refractivity contribution is 0.0195. The van der Waals surface area contributed by atoms with E-state index >= 15 is 0 Å². The molecule has 0 radical (unpaired) electrons. The number of likely N-dealkylation sites (tertiary alicyclic amines) is 2. The number of piperidine rings is 1. The molecule has 6 heteroatoms. The SMILES string of the molecule is CN=C(NCc1ccc(CN2CCCCC2)cc1)N1CCC(N2CCOCC2)C1. The van der Waals surface area contributed by atoms with Gasteiger partial charge in [-0.2, -0.15) is 0 Å². The minimum Gasteiger partial charge on any atom is -0.379 e. The van der Waals surface area contributed by atoms with Crippen LogP contribution in [0.15, 0.2) is 29.3 Å². The summed E-state index contributed by atoms with van der Waals surface area (Å²) in [4.78, 5) is 12.1. The van der Waals surface area contributed by atoms with E-state index in [0.29, 0.717) is 6.04 Å². The molecule has 0 saturated carbocycles. The Morgan fingerprint density at radius 2 is 1.72 bits per heavy atom. The Balaban J connectivity index is 1.24. The lowest BCUT2D eigenvalue weighted by Crippen LogP contribution is -2.46. The Labute approximate surface area is 175 Å². The zero-order valence-electron chi connectivity index (χ0n) is 18.0. The summed E-state index contributed by atoms with van der Waals surface area (Å²) in [5.74, 6) is 1.03. The fourth-order valence-electron chi connectivity index (χ4n) is 4.83. The van der Waals surface area contributed by atoms with Crippen LogP contribution in [0.1, 0.15) is 36.8 Å². The van der Waals surface area contributed by atoms with Crippen LogP contribution in [0.4, 0.5) is 0 Å². The number of hydrogen-bond donors (Lipinski definition) is 1. The molecule has 3 heterocycles. The van der Waals surface area contributed by atoms with Crippen LogP contribution >= 0.6 is 0 Å². The van der Waals surface area contributed by atoms with Gasteiger partial charge in [0.1, 0.15) is 0 Å². The number of nitrogens with zero attached hydrogens (tertiary/aromatic N) is 4. The molecular weight excluding hydrogens is 362 g/mol. The molecule has 4 rings (SSSR count). The molecule has 3 aliphatic heterocycles. The second-order valence-electron chi connectivity index (χ2n) is 8.59. The average Bonchev–Trinajstić information content (AvgIpc) is 3.27. The highest BCUT2D eigenvalue weighted by Crippen LogP contribution is 2.17. The van der Waals surface area contributed by atoms with Crippen LogP contribution < -0.4 is 5.32 Å². The van der Waals surface area contributed by atoms with Gasteiger partial charge in [-0.25, -0.2) is 0 Å². The zero-order chi connectivity index (χ0) is 19.9. The Bertz CT molecular complexity index is 650. The molecule has 3 fully saturated rings. The van der Waals surface area contributed by atoms with E-state index in [4.69, 9.17) is 4.74 Å². The Morgan fingerprint density at radius 1 is 1.00 bits per heavy atom. The molecule has 1 atom stereocenters. The smallest absolute Gasteiger partial charge is 0.193 e. The number of ether oxygens (including phenoxy) is 1. The van der Waals surface area contributed by atoms with Crippen molar-refractivity contribution in [2.75, 3.05) is 59.5 Å². The van der Waals surface area contributed by atoms with E-state index in [-0.39, 0.29) is 0 Å². The van der Waals surface area contributed by atoms with Gasteiger partial charge in [0.05, 0.1) is 13.2 Å². The predicted molar refractivity (Wildman–Crippen MR) is 118 cm³/mol. The summed E-state index contributed by atoms with van der Waals surface area (Å²) in [6.07, 6.45) is 5.31. The lowest BCUT2D eigenvalue weighted by atomic mass is 10.1. The zero-order valence-corrected chi connectivity index (χ0v) is 18.0. The third kappa shape index (κ3) is 5.71. The maximum absolute atomic E-state index is 5.50. The first-order valence-electron chi connectivity index (χ1n) is 11.4. The average molecular weight is 400 g/mol. The summed E-state index contributed by atoms with van der Waals surface area (Å²) >= 11 is 0. The van der Waals surface area contributed by atoms with Gasteiger partial charge in [0.15, 0.2) is 5.96 Å². The molecule has 160 valence electrons. The van der Waals surface area contributed by atoms with Crippen molar-refractivity contribution in [3.8, 4) is 0 Å². The van der Waals surface area contributed by atoms with Crippen molar-refractivity contribution in [2.45, 2.75) is 44.8 Å². The fourth-order valence-corrected chi connectivity index (χ4v) is 4.83. The third-order valence-electron chi connectivity index (χ3n) is 6.57. The molecule has 0 bridgehead atoms. The quantitative estimate of drug-likeness (QED) is 0.607. The maximum atomic E-state index is 5.50. The van der Waals surface area contributed by atoms with Crippen LogP contribution in [-0.4, -0.2) is 86.2 Å². The monoisotopic (exact) mass is 399 g/mol. The molecule has 6 nitrogen and oxygen atoms in total. The number of nitrogens with one attached hydrogen (secondary N) is 1. The van der Waals surface area contributed by atoms with Crippen LogP contribution in [-0.2, 0) is 17.8 Å². The number of hydrogen-bond acceptors (Lipinski definition) is 4. The van der Waals surface area contributed by atoms with Gasteiger partial charge < -0.3 is 15.0 Å². The van der Waals surface area contributed by atoms with Gasteiger partial charge in [-0.15, -0.1) is 0 Å². The minimum atomic E-state index is 0.631. The molecule has 29 heavy (non-hydrogen) atoms. The van der Waals surface area contributed by atoms with Crippen molar-refractivity contribution in [3.63, 3.8) is 0 Å². The number of morpholine rings is 1. The van der Waals surface area contributed by atoms with Gasteiger partial charge in [-0.05, 0) is 43.5 Å².